The van der Waals surface area contributed by atoms with Crippen LogP contribution < -0.4 is 10.6 Å². The number of hydrogen-bond donors (Lipinski definition) is 2. The fourth-order valence-corrected chi connectivity index (χ4v) is 4.54. The Hall–Kier alpha value is -2.62. The van der Waals surface area contributed by atoms with Crippen LogP contribution in [0.25, 0.3) is 0 Å². The number of hydrogen-bond acceptors (Lipinski definition) is 5. The first-order chi connectivity index (χ1) is 16.2. The molecule has 0 aliphatic rings. The van der Waals surface area contributed by atoms with Gasteiger partial charge in [0.2, 0.25) is 5.91 Å². The van der Waals surface area contributed by atoms with Crippen molar-refractivity contribution in [1.82, 2.24) is 20.1 Å². The Bertz CT molecular complexity index is 1190. The number of halogens is 3. The van der Waals surface area contributed by atoms with Crippen LogP contribution in [0.2, 0.25) is 10.0 Å². The quantitative estimate of drug-likeness (QED) is 0.356. The highest BCUT2D eigenvalue weighted by atomic mass is 35.5. The van der Waals surface area contributed by atoms with E-state index in [1.54, 1.807) is 24.3 Å². The summed E-state index contributed by atoms with van der Waals surface area (Å²) in [5.74, 6) is -0.653. The Morgan fingerprint density at radius 3 is 2.53 bits per heavy atom. The monoisotopic (exact) mass is 523 g/mol. The molecule has 3 rings (SSSR count). The fourth-order valence-electron chi connectivity index (χ4n) is 3.24. The predicted octanol–water partition coefficient (Wildman–Crippen LogP) is 5.60. The maximum Gasteiger partial charge on any atom is 0.253 e. The molecule has 3 aromatic rings. The summed E-state index contributed by atoms with van der Waals surface area (Å²) in [4.78, 5) is 25.2. The third-order valence-corrected chi connectivity index (χ3v) is 6.46. The van der Waals surface area contributed by atoms with Crippen molar-refractivity contribution in [2.75, 3.05) is 11.1 Å². The lowest BCUT2D eigenvalue weighted by atomic mass is 10.0. The number of thioether (sulfide) groups is 1. The van der Waals surface area contributed by atoms with Gasteiger partial charge in [-0.15, -0.1) is 10.2 Å². The van der Waals surface area contributed by atoms with Crippen molar-refractivity contribution >= 4 is 52.5 Å². The molecule has 0 aliphatic heterocycles. The molecule has 1 aromatic heterocycles. The van der Waals surface area contributed by atoms with E-state index in [1.807, 2.05) is 25.3 Å². The lowest BCUT2D eigenvalue weighted by Gasteiger charge is -2.22. The first-order valence-electron chi connectivity index (χ1n) is 10.6. The normalized spacial score (nSPS) is 12.0. The number of carbonyl (C=O) groups is 2. The van der Waals surface area contributed by atoms with E-state index in [0.29, 0.717) is 28.1 Å². The molecule has 0 saturated carbocycles. The second-order valence-electron chi connectivity index (χ2n) is 7.72. The van der Waals surface area contributed by atoms with Crippen LogP contribution in [0.3, 0.4) is 0 Å². The molecule has 0 radical (unpaired) electrons. The van der Waals surface area contributed by atoms with Crippen LogP contribution in [-0.2, 0) is 11.3 Å². The summed E-state index contributed by atoms with van der Waals surface area (Å²) in [6.45, 7) is 6.36. The highest BCUT2D eigenvalue weighted by Crippen LogP contribution is 2.27. The van der Waals surface area contributed by atoms with Gasteiger partial charge in [0.05, 0.1) is 28.1 Å². The molecule has 1 atom stereocenters. The third kappa shape index (κ3) is 6.28. The van der Waals surface area contributed by atoms with E-state index >= 15 is 0 Å². The van der Waals surface area contributed by atoms with Crippen molar-refractivity contribution in [3.05, 3.63) is 69.7 Å². The largest absolute Gasteiger partial charge is 0.342 e. The van der Waals surface area contributed by atoms with E-state index in [-0.39, 0.29) is 34.2 Å². The number of nitrogens with one attached hydrogen (secondary N) is 2. The van der Waals surface area contributed by atoms with Crippen molar-refractivity contribution in [2.24, 2.45) is 5.92 Å². The summed E-state index contributed by atoms with van der Waals surface area (Å²) in [6, 6.07) is 10.2. The Kier molecular flexibility index (Phi) is 8.93. The smallest absolute Gasteiger partial charge is 0.253 e. The van der Waals surface area contributed by atoms with E-state index in [1.165, 1.54) is 30.0 Å². The highest BCUT2D eigenvalue weighted by Gasteiger charge is 2.27. The number of anilines is 1. The van der Waals surface area contributed by atoms with E-state index in [9.17, 15) is 14.0 Å². The van der Waals surface area contributed by atoms with Gasteiger partial charge in [-0.3, -0.25) is 9.59 Å². The van der Waals surface area contributed by atoms with Gasteiger partial charge in [-0.2, -0.15) is 0 Å². The van der Waals surface area contributed by atoms with E-state index in [4.69, 9.17) is 23.2 Å². The standard InChI is InChI=1S/C23H24Cl2FN5O2S/c1-4-31-21(20(13(2)3)28-22(33)15-10-9-14(24)11-16(15)25)29-30-23(31)34-12-19(32)27-18-8-6-5-7-17(18)26/h5-11,13,20H,4,12H2,1-3H3,(H,27,32)(H,28,33)/t20-/m0/s1. The molecule has 34 heavy (non-hydrogen) atoms. The molecule has 2 amide bonds. The lowest BCUT2D eigenvalue weighted by Crippen LogP contribution is -2.34. The second kappa shape index (κ2) is 11.7. The van der Waals surface area contributed by atoms with Gasteiger partial charge in [0, 0.05) is 11.6 Å². The summed E-state index contributed by atoms with van der Waals surface area (Å²) in [7, 11) is 0. The van der Waals surface area contributed by atoms with Gasteiger partial charge < -0.3 is 15.2 Å². The molecule has 0 unspecified atom stereocenters. The average Bonchev–Trinajstić information content (AvgIpc) is 3.19. The van der Waals surface area contributed by atoms with E-state index < -0.39 is 11.9 Å². The zero-order chi connectivity index (χ0) is 24.8. The Morgan fingerprint density at radius 2 is 1.88 bits per heavy atom. The molecule has 0 saturated heterocycles. The van der Waals surface area contributed by atoms with E-state index in [2.05, 4.69) is 20.8 Å². The van der Waals surface area contributed by atoms with Crippen molar-refractivity contribution in [2.45, 2.75) is 38.5 Å². The summed E-state index contributed by atoms with van der Waals surface area (Å²) >= 11 is 13.3. The summed E-state index contributed by atoms with van der Waals surface area (Å²) in [5.41, 5.74) is 0.424. The van der Waals surface area contributed by atoms with Crippen LogP contribution in [0.5, 0.6) is 0 Å². The molecule has 180 valence electrons. The van der Waals surface area contributed by atoms with Gasteiger partial charge in [-0.25, -0.2) is 4.39 Å². The van der Waals surface area contributed by atoms with Crippen molar-refractivity contribution in [1.29, 1.82) is 0 Å². The van der Waals surface area contributed by atoms with Crippen molar-refractivity contribution < 1.29 is 14.0 Å². The zero-order valence-electron chi connectivity index (χ0n) is 18.8. The lowest BCUT2D eigenvalue weighted by molar-refractivity contribution is -0.113. The van der Waals surface area contributed by atoms with Gasteiger partial charge in [-0.05, 0) is 43.2 Å². The first-order valence-corrected chi connectivity index (χ1v) is 12.3. The maximum atomic E-state index is 13.8. The number of carbonyl (C=O) groups excluding carboxylic acids is 2. The maximum absolute atomic E-state index is 13.8. The number of aromatic nitrogens is 3. The molecule has 2 aromatic carbocycles. The second-order valence-corrected chi connectivity index (χ2v) is 9.51. The molecule has 0 aliphatic carbocycles. The van der Waals surface area contributed by atoms with Crippen molar-refractivity contribution in [3.63, 3.8) is 0 Å². The molecular weight excluding hydrogens is 500 g/mol. The number of benzene rings is 2. The topological polar surface area (TPSA) is 88.9 Å². The SMILES string of the molecule is CCn1c(SCC(=O)Nc2ccccc2F)nnc1[C@@H](NC(=O)c1ccc(Cl)cc1Cl)C(C)C. The van der Waals surface area contributed by atoms with Gasteiger partial charge >= 0.3 is 0 Å². The summed E-state index contributed by atoms with van der Waals surface area (Å²) < 4.78 is 15.6. The van der Waals surface area contributed by atoms with Gasteiger partial charge in [-0.1, -0.05) is 60.9 Å². The molecule has 1 heterocycles. The number of rotatable bonds is 9. The molecule has 0 fully saturated rings. The van der Waals surface area contributed by atoms with Crippen LogP contribution in [0, 0.1) is 11.7 Å². The molecule has 0 spiro atoms. The van der Waals surface area contributed by atoms with E-state index in [0.717, 1.165) is 0 Å². The van der Waals surface area contributed by atoms with Gasteiger partial charge in [0.1, 0.15) is 5.82 Å². The average molecular weight is 524 g/mol. The van der Waals surface area contributed by atoms with Crippen LogP contribution in [0.15, 0.2) is 47.6 Å². The number of para-hydroxylation sites is 1. The molecular formula is C23H24Cl2FN5O2S. The van der Waals surface area contributed by atoms with Crippen molar-refractivity contribution in [3.8, 4) is 0 Å². The number of amides is 2. The molecule has 11 heteroatoms. The highest BCUT2D eigenvalue weighted by molar-refractivity contribution is 7.99. The molecule has 7 nitrogen and oxygen atoms in total. The van der Waals surface area contributed by atoms with Gasteiger partial charge in [0.15, 0.2) is 11.0 Å². The minimum Gasteiger partial charge on any atom is -0.342 e. The van der Waals surface area contributed by atoms with Gasteiger partial charge in [0.25, 0.3) is 5.91 Å². The minimum absolute atomic E-state index is 0.00766. The van der Waals surface area contributed by atoms with Crippen LogP contribution in [0.1, 0.15) is 43.0 Å². The molecule has 0 bridgehead atoms. The molecule has 2 N–H and O–H groups in total. The summed E-state index contributed by atoms with van der Waals surface area (Å²) in [5, 5.41) is 15.3. The fraction of sp³-hybridized carbons (Fsp3) is 0.304. The minimum atomic E-state index is -0.504. The first kappa shape index (κ1) is 26.0. The zero-order valence-corrected chi connectivity index (χ0v) is 21.1. The summed E-state index contributed by atoms with van der Waals surface area (Å²) in [6.07, 6.45) is 0. The van der Waals surface area contributed by atoms with Crippen LogP contribution in [-0.4, -0.2) is 32.3 Å². The van der Waals surface area contributed by atoms with Crippen LogP contribution in [0.4, 0.5) is 10.1 Å². The third-order valence-electron chi connectivity index (χ3n) is 4.95. The number of nitrogens with zero attached hydrogens (tertiary/aromatic N) is 3. The predicted molar refractivity (Wildman–Crippen MR) is 133 cm³/mol. The Labute approximate surface area is 211 Å². The Morgan fingerprint density at radius 1 is 1.15 bits per heavy atom. The Balaban J connectivity index is 1.74. The van der Waals surface area contributed by atoms with Crippen LogP contribution >= 0.6 is 35.0 Å².